The molecule has 2 aromatic carbocycles. The molecule has 0 saturated heterocycles. The standard InChI is InChI=1S/C30H36N2S.C2H6/c1-8-14-32(28(18-24-11-12-24)26-13-10-19(3)20(4)15-26)30-31-29(23(7)33-30)27-17-21(5)25(9-2)16-22(27)6;1-2/h1,10,13,15-17,24,28H,9,11-12,14,18H2,2-7H3;1-2H3. The second kappa shape index (κ2) is 11.9. The third kappa shape index (κ3) is 6.17. The normalized spacial score (nSPS) is 13.6. The predicted molar refractivity (Wildman–Crippen MR) is 155 cm³/mol. The molecule has 0 aliphatic heterocycles. The number of nitrogens with zero attached hydrogens (tertiary/aromatic N) is 2. The molecule has 1 aliphatic carbocycles. The van der Waals surface area contributed by atoms with Gasteiger partial charge in [-0.3, -0.25) is 0 Å². The van der Waals surface area contributed by atoms with Gasteiger partial charge in [0.2, 0.25) is 0 Å². The van der Waals surface area contributed by atoms with E-state index in [9.17, 15) is 0 Å². The highest BCUT2D eigenvalue weighted by molar-refractivity contribution is 7.16. The van der Waals surface area contributed by atoms with Gasteiger partial charge in [-0.15, -0.1) is 17.8 Å². The van der Waals surface area contributed by atoms with Crippen LogP contribution in [0.3, 0.4) is 0 Å². The number of aryl methyl sites for hydroxylation is 6. The third-order valence-electron chi connectivity index (χ3n) is 7.16. The molecule has 0 radical (unpaired) electrons. The minimum absolute atomic E-state index is 0.261. The van der Waals surface area contributed by atoms with E-state index in [0.717, 1.165) is 29.6 Å². The Morgan fingerprint density at radius 2 is 1.71 bits per heavy atom. The van der Waals surface area contributed by atoms with Crippen LogP contribution in [0.5, 0.6) is 0 Å². The van der Waals surface area contributed by atoms with E-state index in [1.54, 1.807) is 11.3 Å². The highest BCUT2D eigenvalue weighted by atomic mass is 32.1. The Balaban J connectivity index is 0.00000167. The second-order valence-electron chi connectivity index (χ2n) is 9.72. The fourth-order valence-corrected chi connectivity index (χ4v) is 5.73. The molecule has 186 valence electrons. The first-order chi connectivity index (χ1) is 16.8. The summed E-state index contributed by atoms with van der Waals surface area (Å²) >= 11 is 1.78. The minimum Gasteiger partial charge on any atom is -0.330 e. The number of rotatable bonds is 8. The fraction of sp³-hybridized carbons (Fsp3) is 0.469. The van der Waals surface area contributed by atoms with Gasteiger partial charge in [-0.1, -0.05) is 63.8 Å². The molecule has 0 spiro atoms. The molecule has 3 aromatic rings. The zero-order chi connectivity index (χ0) is 25.7. The number of benzene rings is 2. The van der Waals surface area contributed by atoms with Gasteiger partial charge < -0.3 is 4.90 Å². The molecule has 1 fully saturated rings. The molecule has 3 heteroatoms. The number of hydrogen-bond acceptors (Lipinski definition) is 3. The van der Waals surface area contributed by atoms with Crippen molar-refractivity contribution >= 4 is 16.5 Å². The number of terminal acetylenes is 1. The number of hydrogen-bond donors (Lipinski definition) is 0. The monoisotopic (exact) mass is 486 g/mol. The van der Waals surface area contributed by atoms with E-state index in [0.29, 0.717) is 6.54 Å². The summed E-state index contributed by atoms with van der Waals surface area (Å²) in [6.45, 7) is 17.8. The Morgan fingerprint density at radius 1 is 1.00 bits per heavy atom. The Morgan fingerprint density at radius 3 is 2.31 bits per heavy atom. The minimum atomic E-state index is 0.261. The highest BCUT2D eigenvalue weighted by Crippen LogP contribution is 2.44. The predicted octanol–water partition coefficient (Wildman–Crippen LogP) is 8.92. The van der Waals surface area contributed by atoms with Gasteiger partial charge in [0.15, 0.2) is 5.13 Å². The van der Waals surface area contributed by atoms with Crippen molar-refractivity contribution in [1.82, 2.24) is 4.98 Å². The van der Waals surface area contributed by atoms with Crippen molar-refractivity contribution in [3.63, 3.8) is 0 Å². The molecule has 1 saturated carbocycles. The van der Waals surface area contributed by atoms with Crippen molar-refractivity contribution < 1.29 is 0 Å². The Bertz CT molecular complexity index is 1190. The van der Waals surface area contributed by atoms with Crippen LogP contribution in [0.2, 0.25) is 0 Å². The van der Waals surface area contributed by atoms with Crippen molar-refractivity contribution in [1.29, 1.82) is 0 Å². The van der Waals surface area contributed by atoms with E-state index in [-0.39, 0.29) is 6.04 Å². The molecule has 35 heavy (non-hydrogen) atoms. The molecular formula is C32H42N2S. The molecule has 4 rings (SSSR count). The van der Waals surface area contributed by atoms with Gasteiger partial charge in [-0.05, 0) is 92.8 Å². The van der Waals surface area contributed by atoms with Crippen LogP contribution in [0.25, 0.3) is 11.3 Å². The van der Waals surface area contributed by atoms with Gasteiger partial charge in [0.05, 0.1) is 18.3 Å². The fourth-order valence-electron chi connectivity index (χ4n) is 4.76. The summed E-state index contributed by atoms with van der Waals surface area (Å²) < 4.78 is 0. The molecule has 1 unspecified atom stereocenters. The highest BCUT2D eigenvalue weighted by Gasteiger charge is 2.31. The lowest BCUT2D eigenvalue weighted by Crippen LogP contribution is -2.29. The zero-order valence-electron chi connectivity index (χ0n) is 23.0. The first kappa shape index (κ1) is 27.0. The molecule has 1 heterocycles. The van der Waals surface area contributed by atoms with Crippen LogP contribution < -0.4 is 4.90 Å². The molecule has 2 nitrogen and oxygen atoms in total. The summed E-state index contributed by atoms with van der Waals surface area (Å²) in [7, 11) is 0. The average Bonchev–Trinajstić information content (AvgIpc) is 3.60. The summed E-state index contributed by atoms with van der Waals surface area (Å²) in [6.07, 6.45) is 10.8. The zero-order valence-corrected chi connectivity index (χ0v) is 23.8. The lowest BCUT2D eigenvalue weighted by atomic mass is 9.96. The van der Waals surface area contributed by atoms with Crippen LogP contribution in [-0.2, 0) is 6.42 Å². The van der Waals surface area contributed by atoms with E-state index in [4.69, 9.17) is 11.4 Å². The van der Waals surface area contributed by atoms with E-state index < -0.39 is 0 Å². The molecular weight excluding hydrogens is 444 g/mol. The van der Waals surface area contributed by atoms with Crippen LogP contribution in [0.1, 0.15) is 84.3 Å². The van der Waals surface area contributed by atoms with E-state index >= 15 is 0 Å². The van der Waals surface area contributed by atoms with Gasteiger partial charge in [0.25, 0.3) is 0 Å². The van der Waals surface area contributed by atoms with Gasteiger partial charge >= 0.3 is 0 Å². The average molecular weight is 487 g/mol. The molecule has 1 atom stereocenters. The SMILES string of the molecule is C#CCN(c1nc(-c2cc(C)c(CC)cc2C)c(C)s1)C(CC1CC1)c1ccc(C)c(C)c1.CC. The smallest absolute Gasteiger partial charge is 0.187 e. The van der Waals surface area contributed by atoms with Crippen LogP contribution >= 0.6 is 11.3 Å². The first-order valence-electron chi connectivity index (χ1n) is 13.2. The molecule has 1 aromatic heterocycles. The Labute approximate surface area is 217 Å². The Hall–Kier alpha value is -2.57. The molecule has 1 aliphatic rings. The molecule has 0 amide bonds. The van der Waals surface area contributed by atoms with E-state index in [1.807, 2.05) is 13.8 Å². The number of aromatic nitrogens is 1. The van der Waals surface area contributed by atoms with Crippen molar-refractivity contribution in [2.75, 3.05) is 11.4 Å². The maximum Gasteiger partial charge on any atom is 0.187 e. The first-order valence-corrected chi connectivity index (χ1v) is 14.0. The van der Waals surface area contributed by atoms with Crippen LogP contribution in [0.4, 0.5) is 5.13 Å². The van der Waals surface area contributed by atoms with Crippen molar-refractivity contribution in [2.45, 2.75) is 87.1 Å². The topological polar surface area (TPSA) is 16.1 Å². The van der Waals surface area contributed by atoms with Crippen molar-refractivity contribution in [2.24, 2.45) is 5.92 Å². The second-order valence-corrected chi connectivity index (χ2v) is 10.9. The summed E-state index contributed by atoms with van der Waals surface area (Å²) in [5.74, 6) is 3.73. The van der Waals surface area contributed by atoms with Gasteiger partial charge in [-0.2, -0.15) is 0 Å². The third-order valence-corrected chi connectivity index (χ3v) is 8.16. The van der Waals surface area contributed by atoms with Crippen molar-refractivity contribution in [3.05, 3.63) is 68.6 Å². The largest absolute Gasteiger partial charge is 0.330 e. The van der Waals surface area contributed by atoms with Crippen LogP contribution in [0, 0.1) is 52.9 Å². The van der Waals surface area contributed by atoms with Crippen LogP contribution in [-0.4, -0.2) is 11.5 Å². The van der Waals surface area contributed by atoms with E-state index in [1.165, 1.54) is 56.7 Å². The molecule has 0 N–H and O–H groups in total. The summed E-state index contributed by atoms with van der Waals surface area (Å²) in [5.41, 5.74) is 10.4. The summed E-state index contributed by atoms with van der Waals surface area (Å²) in [6, 6.07) is 11.8. The van der Waals surface area contributed by atoms with Gasteiger partial charge in [-0.25, -0.2) is 4.98 Å². The van der Waals surface area contributed by atoms with Crippen LogP contribution in [0.15, 0.2) is 30.3 Å². The quantitative estimate of drug-likeness (QED) is 0.295. The van der Waals surface area contributed by atoms with Crippen molar-refractivity contribution in [3.8, 4) is 23.6 Å². The summed E-state index contributed by atoms with van der Waals surface area (Å²) in [4.78, 5) is 8.85. The lowest BCUT2D eigenvalue weighted by molar-refractivity contribution is 0.556. The maximum absolute atomic E-state index is 5.90. The Kier molecular flexibility index (Phi) is 9.20. The van der Waals surface area contributed by atoms with E-state index in [2.05, 4.69) is 82.7 Å². The lowest BCUT2D eigenvalue weighted by Gasteiger charge is -2.31. The molecule has 0 bridgehead atoms. The number of anilines is 1. The number of thiazole rings is 1. The summed E-state index contributed by atoms with van der Waals surface area (Å²) in [5, 5.41) is 1.04. The maximum atomic E-state index is 5.90. The van der Waals surface area contributed by atoms with Gasteiger partial charge in [0.1, 0.15) is 0 Å². The van der Waals surface area contributed by atoms with Gasteiger partial charge in [0, 0.05) is 10.4 Å².